The minimum absolute atomic E-state index is 0.0422. The molecule has 3 rings (SSSR count). The van der Waals surface area contributed by atoms with Crippen LogP contribution in [-0.4, -0.2) is 57.4 Å². The van der Waals surface area contributed by atoms with E-state index in [-0.39, 0.29) is 12.1 Å². The first-order valence-corrected chi connectivity index (χ1v) is 9.62. The minimum atomic E-state index is -4.84. The van der Waals surface area contributed by atoms with Crippen LogP contribution in [0.15, 0.2) is 42.6 Å². The van der Waals surface area contributed by atoms with E-state index in [0.717, 1.165) is 5.56 Å². The molecule has 3 aromatic rings. The number of likely N-dealkylation sites (N-methyl/N-ethyl adjacent to an activating group) is 1. The largest absolute Gasteiger partial charge is 0.478 e. The number of anilines is 1. The lowest BCUT2D eigenvalue weighted by Crippen LogP contribution is -2.57. The molecule has 0 bridgehead atoms. The molecule has 0 radical (unpaired) electrons. The van der Waals surface area contributed by atoms with E-state index in [2.05, 4.69) is 15.7 Å². The van der Waals surface area contributed by atoms with E-state index in [1.807, 2.05) is 0 Å². The van der Waals surface area contributed by atoms with Crippen LogP contribution in [0, 0.1) is 6.92 Å². The quantitative estimate of drug-likeness (QED) is 0.432. The highest BCUT2D eigenvalue weighted by molar-refractivity contribution is 5.96. The number of aliphatic hydroxyl groups is 1. The highest BCUT2D eigenvalue weighted by Gasteiger charge is 2.53. The van der Waals surface area contributed by atoms with Gasteiger partial charge in [0.1, 0.15) is 0 Å². The zero-order valence-electron chi connectivity index (χ0n) is 17.0. The second-order valence-electron chi connectivity index (χ2n) is 7.29. The summed E-state index contributed by atoms with van der Waals surface area (Å²) in [5.74, 6) is -1.12. The van der Waals surface area contributed by atoms with Crippen molar-refractivity contribution in [3.05, 3.63) is 53.7 Å². The lowest BCUT2D eigenvalue weighted by molar-refractivity contribution is -0.252. The number of hydrogen-bond acceptors (Lipinski definition) is 5. The van der Waals surface area contributed by atoms with E-state index in [9.17, 15) is 28.2 Å². The topological polar surface area (TPSA) is 99.4 Å². The van der Waals surface area contributed by atoms with Gasteiger partial charge in [-0.25, -0.2) is 9.48 Å². The van der Waals surface area contributed by atoms with Crippen molar-refractivity contribution in [1.82, 2.24) is 15.1 Å². The van der Waals surface area contributed by atoms with Gasteiger partial charge >= 0.3 is 12.1 Å². The van der Waals surface area contributed by atoms with Gasteiger partial charge in [-0.2, -0.15) is 18.3 Å². The number of aryl methyl sites for hydroxylation is 1. The number of halogens is 3. The van der Waals surface area contributed by atoms with Crippen molar-refractivity contribution in [2.75, 3.05) is 25.0 Å². The highest BCUT2D eigenvalue weighted by atomic mass is 19.4. The molecule has 2 aromatic carbocycles. The van der Waals surface area contributed by atoms with Gasteiger partial charge in [-0.3, -0.25) is 0 Å². The summed E-state index contributed by atoms with van der Waals surface area (Å²) in [6, 6.07) is 9.74. The van der Waals surface area contributed by atoms with Crippen molar-refractivity contribution in [2.45, 2.75) is 25.6 Å². The van der Waals surface area contributed by atoms with Gasteiger partial charge in [0, 0.05) is 17.6 Å². The fraction of sp³-hybridized carbons (Fsp3) is 0.333. The van der Waals surface area contributed by atoms with Crippen molar-refractivity contribution in [3.63, 3.8) is 0 Å². The molecule has 1 aromatic heterocycles. The Kier molecular flexibility index (Phi) is 6.23. The number of carboxylic acids is 1. The molecule has 1 atom stereocenters. The van der Waals surface area contributed by atoms with Gasteiger partial charge in [0.25, 0.3) is 0 Å². The molecule has 0 amide bonds. The third-order valence-electron chi connectivity index (χ3n) is 4.96. The zero-order valence-corrected chi connectivity index (χ0v) is 17.0. The van der Waals surface area contributed by atoms with Gasteiger partial charge in [0.05, 0.1) is 29.5 Å². The zero-order chi connectivity index (χ0) is 22.8. The first-order chi connectivity index (χ1) is 14.6. The fourth-order valence-electron chi connectivity index (χ4n) is 3.28. The molecule has 1 unspecified atom stereocenters. The molecule has 0 spiro atoms. The Morgan fingerprint density at radius 1 is 1.19 bits per heavy atom. The van der Waals surface area contributed by atoms with Gasteiger partial charge < -0.3 is 20.8 Å². The van der Waals surface area contributed by atoms with Gasteiger partial charge in [0.2, 0.25) is 0 Å². The molecule has 0 aliphatic rings. The molecule has 0 fully saturated rings. The number of hydrogen-bond donors (Lipinski definition) is 4. The first kappa shape index (κ1) is 22.6. The first-order valence-electron chi connectivity index (χ1n) is 9.62. The summed E-state index contributed by atoms with van der Waals surface area (Å²) < 4.78 is 41.8. The number of fused-ring (bicyclic) bond motifs is 1. The lowest BCUT2D eigenvalue weighted by Gasteiger charge is -2.31. The van der Waals surface area contributed by atoms with Crippen LogP contribution < -0.4 is 10.6 Å². The number of alkyl halides is 3. The number of carboxylic acid groups (broad SMARTS) is 1. The SMILES string of the molecule is CCNCC(O)(CNc1cc(C)cc2c1cnn2-c1ccccc1C(=O)O)C(F)(F)F. The van der Waals surface area contributed by atoms with Crippen LogP contribution in [0.2, 0.25) is 0 Å². The van der Waals surface area contributed by atoms with Crippen LogP contribution in [0.5, 0.6) is 0 Å². The van der Waals surface area contributed by atoms with E-state index in [1.54, 1.807) is 44.2 Å². The molecule has 4 N–H and O–H groups in total. The summed E-state index contributed by atoms with van der Waals surface area (Å²) in [5.41, 5.74) is -0.982. The van der Waals surface area contributed by atoms with E-state index >= 15 is 0 Å². The van der Waals surface area contributed by atoms with Gasteiger partial charge in [-0.1, -0.05) is 19.1 Å². The number of nitrogens with one attached hydrogen (secondary N) is 2. The van der Waals surface area contributed by atoms with Gasteiger partial charge in [-0.05, 0) is 43.3 Å². The Morgan fingerprint density at radius 2 is 1.90 bits per heavy atom. The molecular formula is C21H23F3N4O3. The summed E-state index contributed by atoms with van der Waals surface area (Å²) in [6.07, 6.45) is -3.39. The number of rotatable bonds is 8. The number of nitrogens with zero attached hydrogens (tertiary/aromatic N) is 2. The van der Waals surface area contributed by atoms with Crippen molar-refractivity contribution in [1.29, 1.82) is 0 Å². The molecule has 166 valence electrons. The monoisotopic (exact) mass is 436 g/mol. The van der Waals surface area contributed by atoms with Crippen molar-refractivity contribution < 1.29 is 28.2 Å². The van der Waals surface area contributed by atoms with E-state index < -0.39 is 30.8 Å². The van der Waals surface area contributed by atoms with E-state index in [4.69, 9.17) is 0 Å². The minimum Gasteiger partial charge on any atom is -0.478 e. The fourth-order valence-corrected chi connectivity index (χ4v) is 3.28. The summed E-state index contributed by atoms with van der Waals surface area (Å²) in [4.78, 5) is 11.6. The molecule has 0 aliphatic carbocycles. The number of aromatic nitrogens is 2. The second kappa shape index (κ2) is 8.56. The number of benzene rings is 2. The summed E-state index contributed by atoms with van der Waals surface area (Å²) in [7, 11) is 0. The molecule has 7 nitrogen and oxygen atoms in total. The molecule has 0 aliphatic heterocycles. The van der Waals surface area contributed by atoms with Crippen LogP contribution >= 0.6 is 0 Å². The smallest absolute Gasteiger partial charge is 0.420 e. The molecule has 31 heavy (non-hydrogen) atoms. The number of aromatic carboxylic acids is 1. The standard InChI is InChI=1S/C21H23F3N4O3/c1-3-25-11-20(31,21(22,23)24)12-26-16-8-13(2)9-18-15(16)10-27-28(18)17-7-5-4-6-14(17)19(29)30/h4-10,25-26,31H,3,11-12H2,1-2H3,(H,29,30). The number of carbonyl (C=O) groups is 1. The maximum Gasteiger partial charge on any atom is 0.420 e. The molecule has 0 saturated carbocycles. The summed E-state index contributed by atoms with van der Waals surface area (Å²) >= 11 is 0. The maximum atomic E-state index is 13.5. The third-order valence-corrected chi connectivity index (χ3v) is 4.96. The lowest BCUT2D eigenvalue weighted by atomic mass is 10.0. The van der Waals surface area contributed by atoms with E-state index in [0.29, 0.717) is 22.3 Å². The average Bonchev–Trinajstić information content (AvgIpc) is 3.13. The van der Waals surface area contributed by atoms with E-state index in [1.165, 1.54) is 16.9 Å². The van der Waals surface area contributed by atoms with Gasteiger partial charge in [0.15, 0.2) is 5.60 Å². The van der Waals surface area contributed by atoms with Crippen LogP contribution in [-0.2, 0) is 0 Å². The third kappa shape index (κ3) is 4.49. The second-order valence-corrected chi connectivity index (χ2v) is 7.29. The molecule has 1 heterocycles. The van der Waals surface area contributed by atoms with Gasteiger partial charge in [-0.15, -0.1) is 0 Å². The Bertz CT molecular complexity index is 1100. The summed E-state index contributed by atoms with van der Waals surface area (Å²) in [6.45, 7) is 2.28. The average molecular weight is 436 g/mol. The van der Waals surface area contributed by atoms with Crippen LogP contribution in [0.4, 0.5) is 18.9 Å². The predicted molar refractivity (Wildman–Crippen MR) is 111 cm³/mol. The number of para-hydroxylation sites is 1. The maximum absolute atomic E-state index is 13.5. The van der Waals surface area contributed by atoms with Crippen molar-refractivity contribution >= 4 is 22.6 Å². The predicted octanol–water partition coefficient (Wildman–Crippen LogP) is 3.35. The molecular weight excluding hydrogens is 413 g/mol. The molecule has 10 heteroatoms. The Morgan fingerprint density at radius 3 is 2.55 bits per heavy atom. The Labute approximate surface area is 176 Å². The van der Waals surface area contributed by atoms with Crippen LogP contribution in [0.3, 0.4) is 0 Å². The van der Waals surface area contributed by atoms with Crippen LogP contribution in [0.1, 0.15) is 22.8 Å². The Hall–Kier alpha value is -3.11. The summed E-state index contributed by atoms with van der Waals surface area (Å²) in [5, 5.41) is 29.7. The van der Waals surface area contributed by atoms with Crippen molar-refractivity contribution in [3.8, 4) is 5.69 Å². The van der Waals surface area contributed by atoms with Crippen LogP contribution in [0.25, 0.3) is 16.6 Å². The molecule has 0 saturated heterocycles. The Balaban J connectivity index is 2.02. The van der Waals surface area contributed by atoms with Crippen molar-refractivity contribution in [2.24, 2.45) is 0 Å². The highest BCUT2D eigenvalue weighted by Crippen LogP contribution is 2.33. The normalized spacial score (nSPS) is 13.9.